The number of hydrogen-bond acceptors (Lipinski definition) is 3. The van der Waals surface area contributed by atoms with Gasteiger partial charge in [0.05, 0.1) is 12.7 Å². The molecule has 1 amide bonds. The van der Waals surface area contributed by atoms with Crippen LogP contribution in [0.3, 0.4) is 0 Å². The maximum atomic E-state index is 12.2. The van der Waals surface area contributed by atoms with Crippen molar-refractivity contribution in [3.63, 3.8) is 0 Å². The van der Waals surface area contributed by atoms with Gasteiger partial charge >= 0.3 is 0 Å². The summed E-state index contributed by atoms with van der Waals surface area (Å²) in [7, 11) is 1.58. The second-order valence-electron chi connectivity index (χ2n) is 5.14. The number of carbonyl (C=O) groups is 1. The Morgan fingerprint density at radius 3 is 3.00 bits per heavy atom. The molecule has 2 rings (SSSR count). The minimum absolute atomic E-state index is 0.0600. The average Bonchev–Trinajstić information content (AvgIpc) is 2.46. The van der Waals surface area contributed by atoms with Gasteiger partial charge in [0, 0.05) is 6.54 Å². The van der Waals surface area contributed by atoms with E-state index in [1.165, 1.54) is 6.42 Å². The van der Waals surface area contributed by atoms with Gasteiger partial charge in [-0.25, -0.2) is 0 Å². The first-order valence-corrected chi connectivity index (χ1v) is 6.84. The molecule has 0 radical (unpaired) electrons. The molecule has 4 heteroatoms. The Hall–Kier alpha value is -1.55. The summed E-state index contributed by atoms with van der Waals surface area (Å²) in [6.07, 6.45) is 1.18. The Morgan fingerprint density at radius 1 is 1.47 bits per heavy atom. The Labute approximate surface area is 114 Å². The zero-order chi connectivity index (χ0) is 13.7. The van der Waals surface area contributed by atoms with Gasteiger partial charge in [-0.2, -0.15) is 0 Å². The third-order valence-electron chi connectivity index (χ3n) is 3.86. The number of hydrogen-bond donors (Lipinski definition) is 2. The molecule has 0 bridgehead atoms. The van der Waals surface area contributed by atoms with E-state index in [1.807, 2.05) is 12.1 Å². The Bertz CT molecular complexity index is 434. The molecule has 1 aromatic carbocycles. The van der Waals surface area contributed by atoms with Crippen LogP contribution in [0.2, 0.25) is 0 Å². The van der Waals surface area contributed by atoms with Gasteiger partial charge in [-0.05, 0) is 43.5 Å². The van der Waals surface area contributed by atoms with E-state index in [9.17, 15) is 4.79 Å². The highest BCUT2D eigenvalue weighted by molar-refractivity contribution is 5.96. The van der Waals surface area contributed by atoms with Crippen molar-refractivity contribution in [3.05, 3.63) is 29.8 Å². The molecule has 0 aromatic heterocycles. The summed E-state index contributed by atoms with van der Waals surface area (Å²) in [5.41, 5.74) is 0.599. The maximum Gasteiger partial charge on any atom is 0.255 e. The molecule has 1 heterocycles. The second kappa shape index (κ2) is 6.57. The summed E-state index contributed by atoms with van der Waals surface area (Å²) >= 11 is 0. The summed E-state index contributed by atoms with van der Waals surface area (Å²) in [5.74, 6) is 1.72. The average molecular weight is 262 g/mol. The molecule has 0 aliphatic carbocycles. The van der Waals surface area contributed by atoms with Gasteiger partial charge in [0.2, 0.25) is 0 Å². The highest BCUT2D eigenvalue weighted by Crippen LogP contribution is 2.19. The number of methoxy groups -OCH3 is 1. The fraction of sp³-hybridized carbons (Fsp3) is 0.533. The van der Waals surface area contributed by atoms with E-state index in [0.717, 1.165) is 13.1 Å². The van der Waals surface area contributed by atoms with Gasteiger partial charge < -0.3 is 15.4 Å². The predicted molar refractivity (Wildman–Crippen MR) is 75.5 cm³/mol. The number of piperidine rings is 1. The van der Waals surface area contributed by atoms with Crippen molar-refractivity contribution in [3.8, 4) is 5.75 Å². The molecule has 0 saturated carbocycles. The molecule has 104 valence electrons. The molecule has 1 aliphatic heterocycles. The van der Waals surface area contributed by atoms with Crippen LogP contribution in [-0.4, -0.2) is 32.7 Å². The lowest BCUT2D eigenvalue weighted by Gasteiger charge is -2.29. The van der Waals surface area contributed by atoms with Crippen molar-refractivity contribution in [1.29, 1.82) is 0 Å². The molecule has 2 N–H and O–H groups in total. The van der Waals surface area contributed by atoms with Crippen LogP contribution >= 0.6 is 0 Å². The molecular formula is C15H22N2O2. The van der Waals surface area contributed by atoms with Gasteiger partial charge in [-0.1, -0.05) is 19.1 Å². The molecule has 2 unspecified atom stereocenters. The van der Waals surface area contributed by atoms with Crippen LogP contribution in [0.5, 0.6) is 5.75 Å². The predicted octanol–water partition coefficient (Wildman–Crippen LogP) is 1.67. The van der Waals surface area contributed by atoms with E-state index in [-0.39, 0.29) is 5.91 Å². The number of rotatable bonds is 4. The third kappa shape index (κ3) is 3.47. The maximum absolute atomic E-state index is 12.2. The van der Waals surface area contributed by atoms with Gasteiger partial charge in [0.15, 0.2) is 0 Å². The van der Waals surface area contributed by atoms with Crippen molar-refractivity contribution in [2.24, 2.45) is 11.8 Å². The summed E-state index contributed by atoms with van der Waals surface area (Å²) in [4.78, 5) is 12.2. The molecule has 1 saturated heterocycles. The van der Waals surface area contributed by atoms with E-state index >= 15 is 0 Å². The summed E-state index contributed by atoms with van der Waals surface area (Å²) in [6, 6.07) is 7.31. The lowest BCUT2D eigenvalue weighted by molar-refractivity contribution is 0.0936. The van der Waals surface area contributed by atoms with Gasteiger partial charge in [-0.3, -0.25) is 4.79 Å². The van der Waals surface area contributed by atoms with Crippen molar-refractivity contribution in [1.82, 2.24) is 10.6 Å². The number of amides is 1. The van der Waals surface area contributed by atoms with Gasteiger partial charge in [-0.15, -0.1) is 0 Å². The first-order valence-electron chi connectivity index (χ1n) is 6.84. The smallest absolute Gasteiger partial charge is 0.255 e. The van der Waals surface area contributed by atoms with E-state index in [1.54, 1.807) is 19.2 Å². The molecule has 2 atom stereocenters. The number of para-hydroxylation sites is 1. The monoisotopic (exact) mass is 262 g/mol. The largest absolute Gasteiger partial charge is 0.496 e. The summed E-state index contributed by atoms with van der Waals surface area (Å²) < 4.78 is 5.21. The van der Waals surface area contributed by atoms with Crippen LogP contribution in [0.25, 0.3) is 0 Å². The number of ether oxygens (including phenoxy) is 1. The normalized spacial score (nSPS) is 22.8. The van der Waals surface area contributed by atoms with Gasteiger partial charge in [0.25, 0.3) is 5.91 Å². The summed E-state index contributed by atoms with van der Waals surface area (Å²) in [5, 5.41) is 6.39. The number of benzene rings is 1. The Kier molecular flexibility index (Phi) is 4.80. The van der Waals surface area contributed by atoms with E-state index < -0.39 is 0 Å². The van der Waals surface area contributed by atoms with E-state index in [2.05, 4.69) is 17.6 Å². The zero-order valence-electron chi connectivity index (χ0n) is 11.6. The van der Waals surface area contributed by atoms with Crippen LogP contribution < -0.4 is 15.4 Å². The molecule has 1 aliphatic rings. The lowest BCUT2D eigenvalue weighted by atomic mass is 9.88. The van der Waals surface area contributed by atoms with Crippen LogP contribution in [0.15, 0.2) is 24.3 Å². The first kappa shape index (κ1) is 13.9. The molecule has 1 fully saturated rings. The van der Waals surface area contributed by atoms with E-state index in [4.69, 9.17) is 4.74 Å². The van der Waals surface area contributed by atoms with Crippen molar-refractivity contribution in [2.75, 3.05) is 26.7 Å². The standard InChI is InChI=1S/C15H22N2O2/c1-11-7-8-16-9-12(11)10-17-15(18)13-5-3-4-6-14(13)19-2/h3-6,11-12,16H,7-10H2,1-2H3,(H,17,18). The lowest BCUT2D eigenvalue weighted by Crippen LogP contribution is -2.42. The summed E-state index contributed by atoms with van der Waals surface area (Å²) in [6.45, 7) is 5.03. The number of nitrogens with one attached hydrogen (secondary N) is 2. The van der Waals surface area contributed by atoms with Crippen LogP contribution in [0.4, 0.5) is 0 Å². The van der Waals surface area contributed by atoms with Gasteiger partial charge in [0.1, 0.15) is 5.75 Å². The van der Waals surface area contributed by atoms with Crippen LogP contribution in [0, 0.1) is 11.8 Å². The first-order chi connectivity index (χ1) is 9.22. The minimum atomic E-state index is -0.0600. The molecule has 4 nitrogen and oxygen atoms in total. The second-order valence-corrected chi connectivity index (χ2v) is 5.14. The highest BCUT2D eigenvalue weighted by Gasteiger charge is 2.22. The Morgan fingerprint density at radius 2 is 2.26 bits per heavy atom. The quantitative estimate of drug-likeness (QED) is 0.868. The minimum Gasteiger partial charge on any atom is -0.496 e. The third-order valence-corrected chi connectivity index (χ3v) is 3.86. The molecule has 0 spiro atoms. The highest BCUT2D eigenvalue weighted by atomic mass is 16.5. The number of carbonyl (C=O) groups excluding carboxylic acids is 1. The topological polar surface area (TPSA) is 50.4 Å². The SMILES string of the molecule is COc1ccccc1C(=O)NCC1CNCCC1C. The van der Waals surface area contributed by atoms with Crippen LogP contribution in [0.1, 0.15) is 23.7 Å². The van der Waals surface area contributed by atoms with Crippen LogP contribution in [-0.2, 0) is 0 Å². The fourth-order valence-electron chi connectivity index (χ4n) is 2.48. The molecule has 1 aromatic rings. The molecule has 19 heavy (non-hydrogen) atoms. The van der Waals surface area contributed by atoms with Crippen molar-refractivity contribution < 1.29 is 9.53 Å². The zero-order valence-corrected chi connectivity index (χ0v) is 11.6. The van der Waals surface area contributed by atoms with Crippen molar-refractivity contribution >= 4 is 5.91 Å². The molecular weight excluding hydrogens is 240 g/mol. The fourth-order valence-corrected chi connectivity index (χ4v) is 2.48. The van der Waals surface area contributed by atoms with Crippen molar-refractivity contribution in [2.45, 2.75) is 13.3 Å². The Balaban J connectivity index is 1.93. The van der Waals surface area contributed by atoms with E-state index in [0.29, 0.717) is 29.7 Å².